The summed E-state index contributed by atoms with van der Waals surface area (Å²) in [6.45, 7) is 6.39. The number of thioether (sulfide) groups is 1. The van der Waals surface area contributed by atoms with Crippen molar-refractivity contribution in [2.24, 2.45) is 5.92 Å². The Labute approximate surface area is 105 Å². The molecule has 0 aliphatic heterocycles. The van der Waals surface area contributed by atoms with Crippen LogP contribution in [0.3, 0.4) is 0 Å². The number of carboxylic acid groups (broad SMARTS) is 1. The Morgan fingerprint density at radius 1 is 1.41 bits per heavy atom. The lowest BCUT2D eigenvalue weighted by molar-refractivity contribution is -0.133. The maximum absolute atomic E-state index is 10.5. The van der Waals surface area contributed by atoms with Crippen molar-refractivity contribution in [2.75, 3.05) is 5.75 Å². The predicted octanol–water partition coefficient (Wildman–Crippen LogP) is 1.85. The molecule has 1 N–H and O–H groups in total. The number of carbonyl (C=O) groups is 1. The van der Waals surface area contributed by atoms with Crippen LogP contribution < -0.4 is 0 Å². The van der Waals surface area contributed by atoms with Gasteiger partial charge >= 0.3 is 5.97 Å². The lowest BCUT2D eigenvalue weighted by Gasteiger charge is -2.13. The summed E-state index contributed by atoms with van der Waals surface area (Å²) in [5, 5.41) is 20.5. The fraction of sp³-hybridized carbons (Fsp3) is 0.800. The molecule has 1 aromatic rings. The maximum Gasteiger partial charge on any atom is 0.313 e. The van der Waals surface area contributed by atoms with Crippen LogP contribution in [0.4, 0.5) is 0 Å². The highest BCUT2D eigenvalue weighted by molar-refractivity contribution is 7.99. The number of tetrazole rings is 1. The highest BCUT2D eigenvalue weighted by atomic mass is 32.2. The van der Waals surface area contributed by atoms with Crippen molar-refractivity contribution in [3.8, 4) is 0 Å². The van der Waals surface area contributed by atoms with E-state index in [2.05, 4.69) is 29.4 Å². The Morgan fingerprint density at radius 2 is 2.12 bits per heavy atom. The Bertz CT molecular complexity index is 367. The number of aromatic nitrogens is 4. The second-order valence-corrected chi connectivity index (χ2v) is 5.35. The van der Waals surface area contributed by atoms with Gasteiger partial charge in [0.1, 0.15) is 0 Å². The van der Waals surface area contributed by atoms with Crippen molar-refractivity contribution in [1.82, 2.24) is 20.2 Å². The zero-order chi connectivity index (χ0) is 12.8. The first kappa shape index (κ1) is 14.0. The number of hydrogen-bond donors (Lipinski definition) is 1. The maximum atomic E-state index is 10.5. The fourth-order valence-corrected chi connectivity index (χ4v) is 2.08. The Kier molecular flexibility index (Phi) is 5.40. The molecule has 17 heavy (non-hydrogen) atoms. The topological polar surface area (TPSA) is 80.9 Å². The van der Waals surface area contributed by atoms with Crippen LogP contribution in [0.1, 0.15) is 39.7 Å². The summed E-state index contributed by atoms with van der Waals surface area (Å²) < 4.78 is 1.70. The van der Waals surface area contributed by atoms with Crippen molar-refractivity contribution in [1.29, 1.82) is 0 Å². The first-order valence-corrected chi connectivity index (χ1v) is 6.61. The lowest BCUT2D eigenvalue weighted by atomic mass is 10.0. The van der Waals surface area contributed by atoms with Gasteiger partial charge in [-0.3, -0.25) is 4.79 Å². The molecule has 0 aliphatic rings. The minimum absolute atomic E-state index is 0.0166. The summed E-state index contributed by atoms with van der Waals surface area (Å²) in [4.78, 5) is 10.5. The molecular weight excluding hydrogens is 240 g/mol. The third kappa shape index (κ3) is 4.72. The van der Waals surface area contributed by atoms with Gasteiger partial charge in [0.2, 0.25) is 5.16 Å². The summed E-state index contributed by atoms with van der Waals surface area (Å²) in [6.07, 6.45) is 2.09. The summed E-state index contributed by atoms with van der Waals surface area (Å²) in [7, 11) is 0. The quantitative estimate of drug-likeness (QED) is 0.752. The van der Waals surface area contributed by atoms with Gasteiger partial charge in [-0.05, 0) is 36.1 Å². The Hall–Kier alpha value is -1.11. The fourth-order valence-electron chi connectivity index (χ4n) is 1.38. The summed E-state index contributed by atoms with van der Waals surface area (Å²) in [5.74, 6) is -0.236. The van der Waals surface area contributed by atoms with E-state index in [9.17, 15) is 4.79 Å². The summed E-state index contributed by atoms with van der Waals surface area (Å²) in [6, 6.07) is 0.198. The average molecular weight is 258 g/mol. The molecule has 0 radical (unpaired) electrons. The van der Waals surface area contributed by atoms with Gasteiger partial charge < -0.3 is 5.11 Å². The molecule has 1 rings (SSSR count). The van der Waals surface area contributed by atoms with Crippen LogP contribution in [0.5, 0.6) is 0 Å². The van der Waals surface area contributed by atoms with E-state index >= 15 is 0 Å². The van der Waals surface area contributed by atoms with E-state index in [4.69, 9.17) is 5.11 Å². The molecule has 1 atom stereocenters. The molecule has 0 amide bonds. The van der Waals surface area contributed by atoms with Crippen LogP contribution in [0.15, 0.2) is 5.16 Å². The number of nitrogens with zero attached hydrogens (tertiary/aromatic N) is 4. The summed E-state index contributed by atoms with van der Waals surface area (Å²) in [5.41, 5.74) is 0. The summed E-state index contributed by atoms with van der Waals surface area (Å²) >= 11 is 1.15. The molecule has 1 heterocycles. The van der Waals surface area contributed by atoms with Gasteiger partial charge in [0.15, 0.2) is 0 Å². The van der Waals surface area contributed by atoms with E-state index in [1.54, 1.807) is 4.68 Å². The predicted molar refractivity (Wildman–Crippen MR) is 65.0 cm³/mol. The van der Waals surface area contributed by atoms with Crippen molar-refractivity contribution >= 4 is 17.7 Å². The van der Waals surface area contributed by atoms with Crippen LogP contribution in [-0.2, 0) is 4.79 Å². The largest absolute Gasteiger partial charge is 0.481 e. The van der Waals surface area contributed by atoms with Crippen LogP contribution in [-0.4, -0.2) is 37.0 Å². The van der Waals surface area contributed by atoms with Gasteiger partial charge in [0.25, 0.3) is 0 Å². The third-order valence-corrected chi connectivity index (χ3v) is 3.28. The van der Waals surface area contributed by atoms with Crippen molar-refractivity contribution < 1.29 is 9.90 Å². The second kappa shape index (κ2) is 6.58. The number of aliphatic carboxylic acids is 1. The van der Waals surface area contributed by atoms with Gasteiger partial charge in [-0.1, -0.05) is 25.6 Å². The van der Waals surface area contributed by atoms with Gasteiger partial charge in [0, 0.05) is 0 Å². The van der Waals surface area contributed by atoms with E-state index in [0.717, 1.165) is 24.6 Å². The minimum atomic E-state index is -0.862. The molecule has 0 fully saturated rings. The van der Waals surface area contributed by atoms with Crippen LogP contribution in [0.2, 0.25) is 0 Å². The third-order valence-electron chi connectivity index (χ3n) is 2.37. The zero-order valence-electron chi connectivity index (χ0n) is 10.3. The van der Waals surface area contributed by atoms with Gasteiger partial charge in [-0.15, -0.1) is 5.10 Å². The van der Waals surface area contributed by atoms with Gasteiger partial charge in [-0.25, -0.2) is 4.68 Å². The van der Waals surface area contributed by atoms with Crippen LogP contribution in [0, 0.1) is 5.92 Å². The highest BCUT2D eigenvalue weighted by Gasteiger charge is 2.14. The normalized spacial score (nSPS) is 12.9. The molecule has 0 saturated carbocycles. The Morgan fingerprint density at radius 3 is 2.71 bits per heavy atom. The molecule has 0 aromatic carbocycles. The molecule has 0 aliphatic carbocycles. The molecule has 1 unspecified atom stereocenters. The molecular formula is C10H18N4O2S. The standard InChI is InChI=1S/C10H18N4O2S/c1-7(2)4-5-8(3)14-10(11-12-13-14)17-6-9(15)16/h7-8H,4-6H2,1-3H3,(H,15,16). The molecule has 0 spiro atoms. The van der Waals surface area contributed by atoms with Crippen LogP contribution in [0.25, 0.3) is 0 Å². The SMILES string of the molecule is CC(C)CCC(C)n1nnnc1SCC(=O)O. The number of rotatable bonds is 7. The first-order chi connectivity index (χ1) is 8.00. The number of carboxylic acids is 1. The highest BCUT2D eigenvalue weighted by Crippen LogP contribution is 2.21. The van der Waals surface area contributed by atoms with E-state index in [1.165, 1.54) is 0 Å². The van der Waals surface area contributed by atoms with E-state index in [0.29, 0.717) is 11.1 Å². The monoisotopic (exact) mass is 258 g/mol. The molecule has 7 heteroatoms. The zero-order valence-corrected chi connectivity index (χ0v) is 11.1. The lowest BCUT2D eigenvalue weighted by Crippen LogP contribution is -2.10. The Balaban J connectivity index is 2.57. The van der Waals surface area contributed by atoms with Gasteiger partial charge in [-0.2, -0.15) is 0 Å². The molecule has 6 nitrogen and oxygen atoms in total. The van der Waals surface area contributed by atoms with Gasteiger partial charge in [0.05, 0.1) is 11.8 Å². The average Bonchev–Trinajstić information content (AvgIpc) is 2.71. The van der Waals surface area contributed by atoms with E-state index < -0.39 is 5.97 Å². The van der Waals surface area contributed by atoms with Crippen LogP contribution >= 0.6 is 11.8 Å². The van der Waals surface area contributed by atoms with Crippen molar-refractivity contribution in [3.63, 3.8) is 0 Å². The number of hydrogen-bond acceptors (Lipinski definition) is 5. The van der Waals surface area contributed by atoms with E-state index in [1.807, 2.05) is 6.92 Å². The van der Waals surface area contributed by atoms with E-state index in [-0.39, 0.29) is 11.8 Å². The molecule has 96 valence electrons. The molecule has 0 saturated heterocycles. The molecule has 0 bridgehead atoms. The second-order valence-electron chi connectivity index (χ2n) is 4.41. The van der Waals surface area contributed by atoms with Crippen molar-refractivity contribution in [2.45, 2.75) is 44.8 Å². The van der Waals surface area contributed by atoms with Crippen molar-refractivity contribution in [3.05, 3.63) is 0 Å². The molecule has 1 aromatic heterocycles. The smallest absolute Gasteiger partial charge is 0.313 e. The first-order valence-electron chi connectivity index (χ1n) is 5.63. The minimum Gasteiger partial charge on any atom is -0.481 e.